The summed E-state index contributed by atoms with van der Waals surface area (Å²) in [4.78, 5) is 0. The zero-order valence-corrected chi connectivity index (χ0v) is 12.9. The number of halogens is 1. The quantitative estimate of drug-likeness (QED) is 0.853. The molecule has 1 N–H and O–H groups in total. The highest BCUT2D eigenvalue weighted by atomic mass is 35.5. The molecule has 0 aromatic heterocycles. The highest BCUT2D eigenvalue weighted by molar-refractivity contribution is 6.32. The molecule has 1 unspecified atom stereocenters. The van der Waals surface area contributed by atoms with Gasteiger partial charge in [0, 0.05) is 6.04 Å². The normalized spacial score (nSPS) is 19.4. The van der Waals surface area contributed by atoms with Crippen LogP contribution in [0.3, 0.4) is 0 Å². The third-order valence-electron chi connectivity index (χ3n) is 4.71. The van der Waals surface area contributed by atoms with Crippen molar-refractivity contribution in [3.8, 4) is 5.75 Å². The van der Waals surface area contributed by atoms with Crippen LogP contribution in [0.2, 0.25) is 5.02 Å². The van der Waals surface area contributed by atoms with Crippen molar-refractivity contribution in [2.75, 3.05) is 14.2 Å². The summed E-state index contributed by atoms with van der Waals surface area (Å²) >= 11 is 6.27. The Balaban J connectivity index is 2.33. The molecule has 1 fully saturated rings. The summed E-state index contributed by atoms with van der Waals surface area (Å²) < 4.78 is 5.24. The van der Waals surface area contributed by atoms with Crippen molar-refractivity contribution < 1.29 is 4.74 Å². The Morgan fingerprint density at radius 1 is 1.37 bits per heavy atom. The maximum Gasteiger partial charge on any atom is 0.137 e. The van der Waals surface area contributed by atoms with Crippen LogP contribution >= 0.6 is 11.6 Å². The minimum atomic E-state index is 0.378. The van der Waals surface area contributed by atoms with Gasteiger partial charge in [0.2, 0.25) is 0 Å². The summed E-state index contributed by atoms with van der Waals surface area (Å²) in [6.07, 6.45) is 6.51. The van der Waals surface area contributed by atoms with E-state index in [0.29, 0.717) is 16.5 Å². The molecule has 106 valence electrons. The molecule has 0 aliphatic heterocycles. The van der Waals surface area contributed by atoms with Gasteiger partial charge in [0.1, 0.15) is 5.75 Å². The van der Waals surface area contributed by atoms with E-state index in [2.05, 4.69) is 31.4 Å². The molecular weight excluding hydrogens is 258 g/mol. The number of hydrogen-bond donors (Lipinski definition) is 1. The van der Waals surface area contributed by atoms with Crippen LogP contribution in [0.25, 0.3) is 0 Å². The summed E-state index contributed by atoms with van der Waals surface area (Å²) in [6, 6.07) is 6.54. The minimum Gasteiger partial charge on any atom is -0.495 e. The first-order valence-corrected chi connectivity index (χ1v) is 7.55. The predicted molar refractivity (Wildman–Crippen MR) is 81.0 cm³/mol. The Morgan fingerprint density at radius 3 is 2.53 bits per heavy atom. The van der Waals surface area contributed by atoms with Gasteiger partial charge in [-0.2, -0.15) is 0 Å². The first-order valence-electron chi connectivity index (χ1n) is 7.17. The summed E-state index contributed by atoms with van der Waals surface area (Å²) in [5.74, 6) is 0.747. The number of nitrogens with one attached hydrogen (secondary N) is 1. The fraction of sp³-hybridized carbons (Fsp3) is 0.625. The van der Waals surface area contributed by atoms with Crippen LogP contribution in [0.15, 0.2) is 18.2 Å². The van der Waals surface area contributed by atoms with E-state index in [-0.39, 0.29) is 0 Å². The van der Waals surface area contributed by atoms with Crippen LogP contribution in [-0.2, 0) is 0 Å². The highest BCUT2D eigenvalue weighted by Crippen LogP contribution is 2.50. The molecule has 0 radical (unpaired) electrons. The average molecular weight is 282 g/mol. The van der Waals surface area contributed by atoms with Gasteiger partial charge in [-0.15, -0.1) is 0 Å². The minimum absolute atomic E-state index is 0.378. The summed E-state index contributed by atoms with van der Waals surface area (Å²) in [7, 11) is 3.71. The molecule has 0 spiro atoms. The van der Waals surface area contributed by atoms with Crippen molar-refractivity contribution in [3.05, 3.63) is 28.8 Å². The molecule has 0 heterocycles. The van der Waals surface area contributed by atoms with Crippen LogP contribution in [0.5, 0.6) is 5.75 Å². The predicted octanol–water partition coefficient (Wildman–Crippen LogP) is 4.58. The fourth-order valence-corrected chi connectivity index (χ4v) is 3.88. The molecule has 0 saturated heterocycles. The number of ether oxygens (including phenoxy) is 1. The number of methoxy groups -OCH3 is 1. The molecule has 3 heteroatoms. The number of rotatable bonds is 5. The smallest absolute Gasteiger partial charge is 0.137 e. The molecule has 1 saturated carbocycles. The van der Waals surface area contributed by atoms with Gasteiger partial charge in [-0.1, -0.05) is 37.4 Å². The molecule has 0 amide bonds. The second-order valence-electron chi connectivity index (χ2n) is 5.54. The number of benzene rings is 1. The monoisotopic (exact) mass is 281 g/mol. The van der Waals surface area contributed by atoms with E-state index in [9.17, 15) is 0 Å². The van der Waals surface area contributed by atoms with Crippen LogP contribution in [0.4, 0.5) is 0 Å². The number of hydrogen-bond acceptors (Lipinski definition) is 2. The van der Waals surface area contributed by atoms with Crippen LogP contribution < -0.4 is 10.1 Å². The lowest BCUT2D eigenvalue weighted by molar-refractivity contribution is 0.195. The van der Waals surface area contributed by atoms with E-state index in [1.807, 2.05) is 6.07 Å². The second-order valence-corrected chi connectivity index (χ2v) is 5.95. The van der Waals surface area contributed by atoms with Gasteiger partial charge in [-0.3, -0.25) is 0 Å². The Morgan fingerprint density at radius 2 is 2.05 bits per heavy atom. The van der Waals surface area contributed by atoms with Crippen molar-refractivity contribution in [3.63, 3.8) is 0 Å². The van der Waals surface area contributed by atoms with E-state index in [4.69, 9.17) is 16.3 Å². The fourth-order valence-electron chi connectivity index (χ4n) is 3.61. The molecule has 2 nitrogen and oxygen atoms in total. The lowest BCUT2D eigenvalue weighted by Gasteiger charge is -2.37. The van der Waals surface area contributed by atoms with E-state index in [1.165, 1.54) is 37.7 Å². The molecule has 19 heavy (non-hydrogen) atoms. The van der Waals surface area contributed by atoms with Gasteiger partial charge in [0.05, 0.1) is 12.1 Å². The molecular formula is C16H24ClNO. The average Bonchev–Trinajstić information content (AvgIpc) is 2.90. The maximum atomic E-state index is 6.27. The largest absolute Gasteiger partial charge is 0.495 e. The van der Waals surface area contributed by atoms with Gasteiger partial charge in [-0.05, 0) is 49.4 Å². The third-order valence-corrected chi connectivity index (χ3v) is 5.01. The van der Waals surface area contributed by atoms with E-state index >= 15 is 0 Å². The third kappa shape index (κ3) is 2.75. The lowest BCUT2D eigenvalue weighted by atomic mass is 9.73. The topological polar surface area (TPSA) is 21.3 Å². The van der Waals surface area contributed by atoms with Gasteiger partial charge in [-0.25, -0.2) is 0 Å². The van der Waals surface area contributed by atoms with Crippen molar-refractivity contribution in [1.29, 1.82) is 0 Å². The van der Waals surface area contributed by atoms with Gasteiger partial charge in [0.15, 0.2) is 0 Å². The van der Waals surface area contributed by atoms with E-state index < -0.39 is 0 Å². The molecule has 0 bridgehead atoms. The first-order chi connectivity index (χ1) is 9.16. The maximum absolute atomic E-state index is 6.27. The van der Waals surface area contributed by atoms with E-state index in [0.717, 1.165) is 5.75 Å². The molecule has 2 rings (SSSR count). The first kappa shape index (κ1) is 14.7. The van der Waals surface area contributed by atoms with Gasteiger partial charge < -0.3 is 10.1 Å². The van der Waals surface area contributed by atoms with Gasteiger partial charge in [0.25, 0.3) is 0 Å². The van der Waals surface area contributed by atoms with Crippen LogP contribution in [0.1, 0.15) is 50.6 Å². The zero-order chi connectivity index (χ0) is 13.9. The molecule has 1 aliphatic carbocycles. The second kappa shape index (κ2) is 6.15. The SMILES string of the molecule is CCC1(C(NC)c2ccc(OC)c(Cl)c2)CCCC1. The molecule has 1 aromatic carbocycles. The van der Waals surface area contributed by atoms with E-state index in [1.54, 1.807) is 7.11 Å². The van der Waals surface area contributed by atoms with Crippen molar-refractivity contribution >= 4 is 11.6 Å². The molecule has 1 aliphatic rings. The van der Waals surface area contributed by atoms with Crippen LogP contribution in [-0.4, -0.2) is 14.2 Å². The lowest BCUT2D eigenvalue weighted by Crippen LogP contribution is -2.34. The summed E-state index contributed by atoms with van der Waals surface area (Å²) in [5, 5.41) is 4.22. The summed E-state index contributed by atoms with van der Waals surface area (Å²) in [6.45, 7) is 2.31. The Bertz CT molecular complexity index is 427. The van der Waals surface area contributed by atoms with Crippen LogP contribution in [0, 0.1) is 5.41 Å². The van der Waals surface area contributed by atoms with Gasteiger partial charge >= 0.3 is 0 Å². The molecule has 1 atom stereocenters. The molecule has 1 aromatic rings. The Labute approximate surface area is 121 Å². The Hall–Kier alpha value is -0.730. The van der Waals surface area contributed by atoms with Crippen molar-refractivity contribution in [1.82, 2.24) is 5.32 Å². The summed E-state index contributed by atoms with van der Waals surface area (Å²) in [5.41, 5.74) is 1.66. The standard InChI is InChI=1S/C16H24ClNO/c1-4-16(9-5-6-10-16)15(18-2)12-7-8-14(19-3)13(17)11-12/h7-8,11,15,18H,4-6,9-10H2,1-3H3. The van der Waals surface area contributed by atoms with Crippen molar-refractivity contribution in [2.45, 2.75) is 45.1 Å². The Kier molecular flexibility index (Phi) is 4.75. The zero-order valence-electron chi connectivity index (χ0n) is 12.1. The van der Waals surface area contributed by atoms with Crippen molar-refractivity contribution in [2.24, 2.45) is 5.41 Å². The highest BCUT2D eigenvalue weighted by Gasteiger charge is 2.39.